The fourth-order valence-corrected chi connectivity index (χ4v) is 2.18. The van der Waals surface area contributed by atoms with Gasteiger partial charge in [0.1, 0.15) is 5.82 Å². The number of benzene rings is 2. The highest BCUT2D eigenvalue weighted by molar-refractivity contribution is 5.51. The van der Waals surface area contributed by atoms with Crippen molar-refractivity contribution in [3.8, 4) is 0 Å². The van der Waals surface area contributed by atoms with Gasteiger partial charge in [0.25, 0.3) is 0 Å². The highest BCUT2D eigenvalue weighted by atomic mass is 19.1. The summed E-state index contributed by atoms with van der Waals surface area (Å²) in [5, 5.41) is 13.1. The molecule has 0 saturated heterocycles. The molecule has 0 aliphatic carbocycles. The summed E-state index contributed by atoms with van der Waals surface area (Å²) in [7, 11) is 3.97. The van der Waals surface area contributed by atoms with Crippen LogP contribution in [0.5, 0.6) is 0 Å². The maximum absolute atomic E-state index is 13.0. The Labute approximate surface area is 125 Å². The standard InChI is InChI=1S/C17H21FN2O/c1-17(12-21,19-15-8-6-14(18)7-9-15)13-4-10-16(11-5-13)20(2)3/h4-11,19,21H,12H2,1-3H3. The fraction of sp³-hybridized carbons (Fsp3) is 0.294. The van der Waals surface area contributed by atoms with Crippen molar-refractivity contribution in [3.63, 3.8) is 0 Å². The van der Waals surface area contributed by atoms with E-state index in [-0.39, 0.29) is 12.4 Å². The maximum atomic E-state index is 13.0. The summed E-state index contributed by atoms with van der Waals surface area (Å²) in [4.78, 5) is 2.02. The number of nitrogens with one attached hydrogen (secondary N) is 1. The van der Waals surface area contributed by atoms with Gasteiger partial charge in [0, 0.05) is 25.5 Å². The number of hydrogen-bond donors (Lipinski definition) is 2. The quantitative estimate of drug-likeness (QED) is 0.887. The second-order valence-corrected chi connectivity index (χ2v) is 5.56. The maximum Gasteiger partial charge on any atom is 0.123 e. The molecule has 2 aromatic carbocycles. The van der Waals surface area contributed by atoms with Gasteiger partial charge in [-0.2, -0.15) is 0 Å². The second-order valence-electron chi connectivity index (χ2n) is 5.56. The number of halogens is 1. The number of aliphatic hydroxyl groups is 1. The van der Waals surface area contributed by atoms with Crippen molar-refractivity contribution in [2.45, 2.75) is 12.5 Å². The Morgan fingerprint density at radius 1 is 1.05 bits per heavy atom. The third-order valence-corrected chi connectivity index (χ3v) is 3.60. The first-order valence-electron chi connectivity index (χ1n) is 6.87. The topological polar surface area (TPSA) is 35.5 Å². The van der Waals surface area contributed by atoms with E-state index >= 15 is 0 Å². The Hall–Kier alpha value is -2.07. The molecule has 21 heavy (non-hydrogen) atoms. The van der Waals surface area contributed by atoms with Gasteiger partial charge in [-0.3, -0.25) is 0 Å². The van der Waals surface area contributed by atoms with E-state index in [0.717, 1.165) is 16.9 Å². The SMILES string of the molecule is CN(C)c1ccc(C(C)(CO)Nc2ccc(F)cc2)cc1. The first-order chi connectivity index (χ1) is 9.94. The summed E-state index contributed by atoms with van der Waals surface area (Å²) in [6.07, 6.45) is 0. The predicted octanol–water partition coefficient (Wildman–Crippen LogP) is 3.21. The lowest BCUT2D eigenvalue weighted by atomic mass is 9.92. The van der Waals surface area contributed by atoms with Crippen LogP contribution in [-0.4, -0.2) is 25.8 Å². The molecule has 0 spiro atoms. The Morgan fingerprint density at radius 3 is 2.10 bits per heavy atom. The number of aliphatic hydroxyl groups excluding tert-OH is 1. The molecule has 0 fully saturated rings. The molecule has 112 valence electrons. The van der Waals surface area contributed by atoms with Crippen LogP contribution in [0.2, 0.25) is 0 Å². The minimum absolute atomic E-state index is 0.0638. The van der Waals surface area contributed by atoms with E-state index in [4.69, 9.17) is 0 Å². The largest absolute Gasteiger partial charge is 0.394 e. The summed E-state index contributed by atoms with van der Waals surface area (Å²) in [6.45, 7) is 1.85. The molecular weight excluding hydrogens is 267 g/mol. The van der Waals surface area contributed by atoms with Crippen LogP contribution in [0.1, 0.15) is 12.5 Å². The van der Waals surface area contributed by atoms with Crippen molar-refractivity contribution in [1.29, 1.82) is 0 Å². The number of rotatable bonds is 5. The Morgan fingerprint density at radius 2 is 1.62 bits per heavy atom. The zero-order chi connectivity index (χ0) is 15.5. The van der Waals surface area contributed by atoms with Crippen LogP contribution in [0.4, 0.5) is 15.8 Å². The minimum atomic E-state index is -0.622. The zero-order valence-corrected chi connectivity index (χ0v) is 12.6. The molecule has 0 radical (unpaired) electrons. The van der Waals surface area contributed by atoms with Crippen LogP contribution < -0.4 is 10.2 Å². The van der Waals surface area contributed by atoms with Crippen molar-refractivity contribution in [2.75, 3.05) is 30.9 Å². The molecule has 1 atom stereocenters. The molecule has 0 heterocycles. The molecule has 0 aromatic heterocycles. The van der Waals surface area contributed by atoms with Crippen LogP contribution in [0.25, 0.3) is 0 Å². The van der Waals surface area contributed by atoms with Crippen LogP contribution in [0.3, 0.4) is 0 Å². The average Bonchev–Trinajstić information content (AvgIpc) is 2.49. The van der Waals surface area contributed by atoms with Crippen LogP contribution in [-0.2, 0) is 5.54 Å². The lowest BCUT2D eigenvalue weighted by Crippen LogP contribution is -2.35. The van der Waals surface area contributed by atoms with E-state index in [1.165, 1.54) is 12.1 Å². The summed E-state index contributed by atoms with van der Waals surface area (Å²) in [6, 6.07) is 14.1. The highest BCUT2D eigenvalue weighted by Crippen LogP contribution is 2.27. The Bertz CT molecular complexity index is 581. The third-order valence-electron chi connectivity index (χ3n) is 3.60. The summed E-state index contributed by atoms with van der Waals surface area (Å²) in [5.74, 6) is -0.276. The zero-order valence-electron chi connectivity index (χ0n) is 12.6. The van der Waals surface area contributed by atoms with Gasteiger partial charge in [0.15, 0.2) is 0 Å². The minimum Gasteiger partial charge on any atom is -0.394 e. The van der Waals surface area contributed by atoms with Gasteiger partial charge in [-0.05, 0) is 48.9 Å². The van der Waals surface area contributed by atoms with Gasteiger partial charge in [-0.25, -0.2) is 4.39 Å². The molecule has 0 bridgehead atoms. The predicted molar refractivity (Wildman–Crippen MR) is 85.2 cm³/mol. The lowest BCUT2D eigenvalue weighted by Gasteiger charge is -2.31. The molecule has 0 saturated carbocycles. The van der Waals surface area contributed by atoms with Gasteiger partial charge in [0.2, 0.25) is 0 Å². The molecule has 0 aliphatic rings. The van der Waals surface area contributed by atoms with Crippen LogP contribution >= 0.6 is 0 Å². The van der Waals surface area contributed by atoms with Crippen molar-refractivity contribution < 1.29 is 9.50 Å². The summed E-state index contributed by atoms with van der Waals surface area (Å²) >= 11 is 0. The molecule has 0 aliphatic heterocycles. The Balaban J connectivity index is 2.25. The van der Waals surface area contributed by atoms with Gasteiger partial charge >= 0.3 is 0 Å². The average molecular weight is 288 g/mol. The summed E-state index contributed by atoms with van der Waals surface area (Å²) in [5.41, 5.74) is 2.22. The molecule has 0 amide bonds. The van der Waals surface area contributed by atoms with Crippen molar-refractivity contribution in [3.05, 3.63) is 59.9 Å². The molecule has 3 nitrogen and oxygen atoms in total. The van der Waals surface area contributed by atoms with E-state index in [9.17, 15) is 9.50 Å². The van der Waals surface area contributed by atoms with E-state index in [0.29, 0.717) is 0 Å². The molecule has 2 rings (SSSR count). The van der Waals surface area contributed by atoms with Gasteiger partial charge in [-0.1, -0.05) is 12.1 Å². The highest BCUT2D eigenvalue weighted by Gasteiger charge is 2.25. The van der Waals surface area contributed by atoms with Crippen LogP contribution in [0.15, 0.2) is 48.5 Å². The van der Waals surface area contributed by atoms with E-state index in [1.54, 1.807) is 12.1 Å². The molecule has 4 heteroatoms. The number of anilines is 2. The third kappa shape index (κ3) is 3.52. The summed E-state index contributed by atoms with van der Waals surface area (Å²) < 4.78 is 13.0. The molecular formula is C17H21FN2O. The molecule has 2 N–H and O–H groups in total. The van der Waals surface area contributed by atoms with Crippen molar-refractivity contribution in [2.24, 2.45) is 0 Å². The van der Waals surface area contributed by atoms with E-state index in [1.807, 2.05) is 50.2 Å². The Kier molecular flexibility index (Phi) is 4.48. The van der Waals surface area contributed by atoms with Gasteiger partial charge in [0.05, 0.1) is 12.1 Å². The van der Waals surface area contributed by atoms with Crippen molar-refractivity contribution in [1.82, 2.24) is 0 Å². The number of hydrogen-bond acceptors (Lipinski definition) is 3. The van der Waals surface area contributed by atoms with Gasteiger partial charge < -0.3 is 15.3 Å². The first kappa shape index (κ1) is 15.3. The smallest absolute Gasteiger partial charge is 0.123 e. The molecule has 1 unspecified atom stereocenters. The van der Waals surface area contributed by atoms with Crippen molar-refractivity contribution >= 4 is 11.4 Å². The normalized spacial score (nSPS) is 13.6. The molecule has 2 aromatic rings. The lowest BCUT2D eigenvalue weighted by molar-refractivity contribution is 0.224. The van der Waals surface area contributed by atoms with Crippen LogP contribution in [0, 0.1) is 5.82 Å². The van der Waals surface area contributed by atoms with E-state index < -0.39 is 5.54 Å². The van der Waals surface area contributed by atoms with Gasteiger partial charge in [-0.15, -0.1) is 0 Å². The number of nitrogens with zero attached hydrogens (tertiary/aromatic N) is 1. The van der Waals surface area contributed by atoms with E-state index in [2.05, 4.69) is 5.32 Å². The second kappa shape index (κ2) is 6.14. The fourth-order valence-electron chi connectivity index (χ4n) is 2.18. The first-order valence-corrected chi connectivity index (χ1v) is 6.87. The monoisotopic (exact) mass is 288 g/mol.